The Labute approximate surface area is 88.2 Å². The molecule has 0 aromatic carbocycles. The Bertz CT molecular complexity index is 93.9. The molecule has 7 heteroatoms. The van der Waals surface area contributed by atoms with E-state index in [1.54, 1.807) is 0 Å². The lowest BCUT2D eigenvalue weighted by atomic mass is 10.9. The summed E-state index contributed by atoms with van der Waals surface area (Å²) in [6.45, 7) is 0.470. The van der Waals surface area contributed by atoms with Crippen molar-refractivity contribution < 1.29 is 13.6 Å². The van der Waals surface area contributed by atoms with E-state index in [-0.39, 0.29) is 13.2 Å². The fourth-order valence-corrected chi connectivity index (χ4v) is 1.18. The van der Waals surface area contributed by atoms with Crippen LogP contribution in [0.5, 0.6) is 0 Å². The maximum Gasteiger partial charge on any atom is 0.697 e. The summed E-state index contributed by atoms with van der Waals surface area (Å²) in [5, 5.41) is 0. The van der Waals surface area contributed by atoms with Crippen LogP contribution in [0.3, 0.4) is 0 Å². The maximum absolute atomic E-state index is 10.5. The first-order valence-electron chi connectivity index (χ1n) is 3.04. The van der Waals surface area contributed by atoms with Gasteiger partial charge in [-0.1, -0.05) is 0 Å². The first kappa shape index (κ1) is 15.4. The predicted octanol–water partition coefficient (Wildman–Crippen LogP) is 3.01. The van der Waals surface area contributed by atoms with Crippen molar-refractivity contribution in [2.24, 2.45) is 0 Å². The molecule has 0 fully saturated rings. The van der Waals surface area contributed by atoms with Crippen molar-refractivity contribution in [3.8, 4) is 0 Å². The van der Waals surface area contributed by atoms with Gasteiger partial charge in [-0.3, -0.25) is 0 Å². The van der Waals surface area contributed by atoms with Gasteiger partial charge in [0.2, 0.25) is 0 Å². The minimum atomic E-state index is -2.01. The molecule has 74 valence electrons. The Morgan fingerprint density at radius 2 is 1.42 bits per heavy atom. The summed E-state index contributed by atoms with van der Waals surface area (Å²) in [6, 6.07) is 0. The van der Waals surface area contributed by atoms with Crippen LogP contribution in [-0.2, 0) is 13.6 Å². The van der Waals surface area contributed by atoms with E-state index in [0.717, 1.165) is 0 Å². The van der Waals surface area contributed by atoms with Gasteiger partial charge in [-0.15, -0.1) is 43.9 Å². The second-order valence-electron chi connectivity index (χ2n) is 1.27. The summed E-state index contributed by atoms with van der Waals surface area (Å²) in [5.74, 6) is 0.622. The molecule has 0 unspecified atom stereocenters. The summed E-state index contributed by atoms with van der Waals surface area (Å²) < 4.78 is 19.7. The monoisotopic (exact) mass is 255 g/mol. The zero-order valence-corrected chi connectivity index (χ0v) is 9.80. The van der Waals surface area contributed by atoms with Crippen LogP contribution < -0.4 is 0 Å². The first-order chi connectivity index (χ1) is 5.81. The summed E-state index contributed by atoms with van der Waals surface area (Å²) in [4.78, 5) is 0. The molecule has 3 nitrogen and oxygen atoms in total. The van der Waals surface area contributed by atoms with Gasteiger partial charge in [0.15, 0.2) is 0 Å². The largest absolute Gasteiger partial charge is 0.697 e. The van der Waals surface area contributed by atoms with Gasteiger partial charge in [-0.05, 0) is 0 Å². The summed E-state index contributed by atoms with van der Waals surface area (Å²) in [6.07, 6.45) is 1.47. The van der Waals surface area contributed by atoms with Gasteiger partial charge in [0, 0.05) is 10.9 Å². The lowest BCUT2D eigenvalue weighted by Crippen LogP contribution is -1.91. The van der Waals surface area contributed by atoms with E-state index in [1.807, 2.05) is 0 Å². The van der Waals surface area contributed by atoms with E-state index < -0.39 is 8.25 Å². The number of hydrogen-bond acceptors (Lipinski definition) is 3. The van der Waals surface area contributed by atoms with Gasteiger partial charge in [-0.2, -0.15) is 0 Å². The molecule has 0 aromatic rings. The van der Waals surface area contributed by atoms with Gasteiger partial charge in [0.25, 0.3) is 0 Å². The van der Waals surface area contributed by atoms with Gasteiger partial charge < -0.3 is 0 Å². The van der Waals surface area contributed by atoms with Crippen molar-refractivity contribution in [2.45, 2.75) is 0 Å². The second kappa shape index (κ2) is 14.4. The van der Waals surface area contributed by atoms with Crippen molar-refractivity contribution >= 4 is 43.1 Å². The molecular formula is C5H11Cl3O3P+. The standard InChI is InChI=1S/C4H8Cl2O3P.CH3Cl/c5-1-3-8-10(7)9-4-2-6;1-2/h1-4H2;1H3/q+1;. The van der Waals surface area contributed by atoms with E-state index >= 15 is 0 Å². The molecule has 0 atom stereocenters. The lowest BCUT2D eigenvalue weighted by Gasteiger charge is -1.84. The summed E-state index contributed by atoms with van der Waals surface area (Å²) in [5.41, 5.74) is 0. The van der Waals surface area contributed by atoms with Crippen LogP contribution >= 0.6 is 43.1 Å². The number of halogens is 3. The van der Waals surface area contributed by atoms with Crippen LogP contribution in [0.4, 0.5) is 0 Å². The molecular weight excluding hydrogens is 245 g/mol. The molecule has 0 aliphatic heterocycles. The third-order valence-electron chi connectivity index (χ3n) is 0.548. The third-order valence-corrected chi connectivity index (χ3v) is 1.64. The number of alkyl halides is 3. The van der Waals surface area contributed by atoms with Crippen LogP contribution in [0.25, 0.3) is 0 Å². The predicted molar refractivity (Wildman–Crippen MR) is 52.7 cm³/mol. The Morgan fingerprint density at radius 3 is 1.67 bits per heavy atom. The molecule has 0 N–H and O–H groups in total. The van der Waals surface area contributed by atoms with E-state index in [9.17, 15) is 4.57 Å². The van der Waals surface area contributed by atoms with Gasteiger partial charge >= 0.3 is 8.25 Å². The Morgan fingerprint density at radius 1 is 1.08 bits per heavy atom. The van der Waals surface area contributed by atoms with E-state index in [1.165, 1.54) is 6.38 Å². The van der Waals surface area contributed by atoms with Crippen molar-refractivity contribution in [3.63, 3.8) is 0 Å². The smallest absolute Gasteiger partial charge is 0.130 e. The molecule has 0 saturated carbocycles. The highest BCUT2D eigenvalue weighted by molar-refractivity contribution is 7.33. The molecule has 0 amide bonds. The lowest BCUT2D eigenvalue weighted by molar-refractivity contribution is 0.245. The van der Waals surface area contributed by atoms with Crippen LogP contribution in [0.15, 0.2) is 0 Å². The van der Waals surface area contributed by atoms with Crippen LogP contribution in [0, 0.1) is 0 Å². The maximum atomic E-state index is 10.5. The Kier molecular flexibility index (Phi) is 18.5. The highest BCUT2D eigenvalue weighted by Crippen LogP contribution is 2.22. The molecule has 0 rings (SSSR count). The van der Waals surface area contributed by atoms with Crippen molar-refractivity contribution in [1.82, 2.24) is 0 Å². The van der Waals surface area contributed by atoms with Crippen LogP contribution in [-0.4, -0.2) is 31.4 Å². The third kappa shape index (κ3) is 13.5. The zero-order valence-electron chi connectivity index (χ0n) is 6.63. The molecule has 0 aromatic heterocycles. The summed E-state index contributed by atoms with van der Waals surface area (Å²) >= 11 is 15.1. The summed E-state index contributed by atoms with van der Waals surface area (Å²) in [7, 11) is -2.01. The molecule has 0 spiro atoms. The van der Waals surface area contributed by atoms with E-state index in [0.29, 0.717) is 11.8 Å². The van der Waals surface area contributed by atoms with Crippen molar-refractivity contribution in [2.75, 3.05) is 31.4 Å². The molecule has 0 heterocycles. The topological polar surface area (TPSA) is 35.5 Å². The molecule has 0 radical (unpaired) electrons. The van der Waals surface area contributed by atoms with E-state index in [2.05, 4.69) is 20.6 Å². The average Bonchev–Trinajstić information content (AvgIpc) is 2.14. The van der Waals surface area contributed by atoms with Crippen LogP contribution in [0.2, 0.25) is 0 Å². The van der Waals surface area contributed by atoms with Gasteiger partial charge in [-0.25, -0.2) is 0 Å². The molecule has 12 heavy (non-hydrogen) atoms. The molecule has 0 bridgehead atoms. The Balaban J connectivity index is 0. The fourth-order valence-electron chi connectivity index (χ4n) is 0.255. The molecule has 0 aliphatic carbocycles. The SMILES string of the molecule is CCl.O=[P+](OCCCl)OCCCl. The minimum absolute atomic E-state index is 0.235. The normalized spacial score (nSPS) is 8.67. The minimum Gasteiger partial charge on any atom is -0.130 e. The zero-order chi connectivity index (χ0) is 9.82. The number of hydrogen-bond donors (Lipinski definition) is 0. The quantitative estimate of drug-likeness (QED) is 0.541. The van der Waals surface area contributed by atoms with Gasteiger partial charge in [0.05, 0.1) is 11.8 Å². The highest BCUT2D eigenvalue weighted by atomic mass is 35.5. The van der Waals surface area contributed by atoms with Crippen LogP contribution in [0.1, 0.15) is 0 Å². The molecule has 0 aliphatic rings. The van der Waals surface area contributed by atoms with Gasteiger partial charge in [0.1, 0.15) is 13.2 Å². The second-order valence-corrected chi connectivity index (χ2v) is 2.99. The first-order valence-corrected chi connectivity index (χ1v) is 5.96. The van der Waals surface area contributed by atoms with Crippen molar-refractivity contribution in [3.05, 3.63) is 0 Å². The fraction of sp³-hybridized carbons (Fsp3) is 1.00. The Hall–Kier alpha value is 0.890. The van der Waals surface area contributed by atoms with Crippen molar-refractivity contribution in [1.29, 1.82) is 0 Å². The van der Waals surface area contributed by atoms with E-state index in [4.69, 9.17) is 23.2 Å². The number of rotatable bonds is 6. The molecule has 0 saturated heterocycles. The average molecular weight is 256 g/mol. The highest BCUT2D eigenvalue weighted by Gasteiger charge is 2.18.